The fourth-order valence-corrected chi connectivity index (χ4v) is 2.39. The Morgan fingerprint density at radius 2 is 1.85 bits per heavy atom. The van der Waals surface area contributed by atoms with Crippen molar-refractivity contribution in [1.29, 1.82) is 0 Å². The summed E-state index contributed by atoms with van der Waals surface area (Å²) in [5.41, 5.74) is 2.14. The third-order valence-electron chi connectivity index (χ3n) is 3.08. The van der Waals surface area contributed by atoms with Crippen molar-refractivity contribution in [3.8, 4) is 5.75 Å². The van der Waals surface area contributed by atoms with E-state index in [-0.39, 0.29) is 11.8 Å². The van der Waals surface area contributed by atoms with E-state index in [9.17, 15) is 9.50 Å². The van der Waals surface area contributed by atoms with Gasteiger partial charge in [-0.05, 0) is 37.6 Å². The van der Waals surface area contributed by atoms with Crippen molar-refractivity contribution >= 4 is 28.9 Å². The van der Waals surface area contributed by atoms with Crippen LogP contribution >= 0.6 is 23.2 Å². The van der Waals surface area contributed by atoms with E-state index in [0.717, 1.165) is 11.6 Å². The molecule has 0 bridgehead atoms. The first-order valence-corrected chi connectivity index (χ1v) is 6.84. The summed E-state index contributed by atoms with van der Waals surface area (Å²) in [5.74, 6) is -0.575. The largest absolute Gasteiger partial charge is 0.507 e. The van der Waals surface area contributed by atoms with Gasteiger partial charge < -0.3 is 10.4 Å². The van der Waals surface area contributed by atoms with E-state index < -0.39 is 5.82 Å². The number of phenols is 1. The van der Waals surface area contributed by atoms with Gasteiger partial charge in [0.2, 0.25) is 0 Å². The average Bonchev–Trinajstić information content (AvgIpc) is 2.35. The molecule has 2 rings (SSSR count). The summed E-state index contributed by atoms with van der Waals surface area (Å²) in [6.07, 6.45) is 0. The number of benzene rings is 2. The number of phenolic OH excluding ortho intramolecular Hbond substituents is 1. The summed E-state index contributed by atoms with van der Waals surface area (Å²) < 4.78 is 13.0. The second-order valence-electron chi connectivity index (χ2n) is 4.65. The minimum absolute atomic E-state index is 0.0978. The molecule has 2 nitrogen and oxygen atoms in total. The summed E-state index contributed by atoms with van der Waals surface area (Å²) in [4.78, 5) is 0. The van der Waals surface area contributed by atoms with E-state index in [1.54, 1.807) is 12.1 Å². The Bertz CT molecular complexity index is 646. The molecule has 0 saturated heterocycles. The molecule has 1 atom stereocenters. The van der Waals surface area contributed by atoms with Crippen LogP contribution in [0.2, 0.25) is 10.0 Å². The van der Waals surface area contributed by atoms with Crippen molar-refractivity contribution in [1.82, 2.24) is 0 Å². The highest BCUT2D eigenvalue weighted by Crippen LogP contribution is 2.33. The van der Waals surface area contributed by atoms with Gasteiger partial charge in [0.15, 0.2) is 0 Å². The monoisotopic (exact) mass is 313 g/mol. The maximum absolute atomic E-state index is 13.0. The molecule has 0 radical (unpaired) electrons. The topological polar surface area (TPSA) is 32.3 Å². The number of rotatable bonds is 3. The van der Waals surface area contributed by atoms with Crippen molar-refractivity contribution in [3.63, 3.8) is 0 Å². The Hall–Kier alpha value is -1.45. The van der Waals surface area contributed by atoms with Gasteiger partial charge in [-0.3, -0.25) is 0 Å². The lowest BCUT2D eigenvalue weighted by molar-refractivity contribution is 0.459. The first kappa shape index (κ1) is 14.9. The van der Waals surface area contributed by atoms with Gasteiger partial charge in [0.25, 0.3) is 0 Å². The summed E-state index contributed by atoms with van der Waals surface area (Å²) in [5, 5.41) is 14.1. The van der Waals surface area contributed by atoms with Crippen molar-refractivity contribution in [2.75, 3.05) is 5.32 Å². The summed E-state index contributed by atoms with van der Waals surface area (Å²) >= 11 is 12.2. The van der Waals surface area contributed by atoms with E-state index >= 15 is 0 Å². The predicted molar refractivity (Wildman–Crippen MR) is 81.3 cm³/mol. The van der Waals surface area contributed by atoms with Gasteiger partial charge >= 0.3 is 0 Å². The molecule has 2 N–H and O–H groups in total. The van der Waals surface area contributed by atoms with E-state index in [1.807, 2.05) is 13.8 Å². The zero-order valence-electron chi connectivity index (χ0n) is 11.0. The molecule has 2 aromatic rings. The highest BCUT2D eigenvalue weighted by atomic mass is 35.5. The van der Waals surface area contributed by atoms with Crippen LogP contribution in [0.15, 0.2) is 30.3 Å². The molecule has 0 amide bonds. The van der Waals surface area contributed by atoms with Crippen molar-refractivity contribution in [2.45, 2.75) is 19.9 Å². The van der Waals surface area contributed by atoms with Crippen LogP contribution < -0.4 is 5.32 Å². The molecule has 1 unspecified atom stereocenters. The standard InChI is InChI=1S/C15H14Cl2FNO/c1-8-5-13(17)14(7-12(8)16)19-9(2)11-4-3-10(18)6-15(11)20/h3-7,9,19-20H,1-2H3. The Morgan fingerprint density at radius 3 is 2.50 bits per heavy atom. The molecule has 0 saturated carbocycles. The second-order valence-corrected chi connectivity index (χ2v) is 5.46. The molecule has 5 heteroatoms. The third kappa shape index (κ3) is 3.17. The van der Waals surface area contributed by atoms with E-state index in [2.05, 4.69) is 5.32 Å². The molecule has 2 aromatic carbocycles. The van der Waals surface area contributed by atoms with E-state index in [1.165, 1.54) is 12.1 Å². The molecule has 0 aliphatic rings. The maximum atomic E-state index is 13.0. The first-order chi connectivity index (χ1) is 9.38. The minimum atomic E-state index is -0.477. The number of aromatic hydroxyl groups is 1. The molecule has 0 aliphatic heterocycles. The number of anilines is 1. The number of hydrogen-bond donors (Lipinski definition) is 2. The van der Waals surface area contributed by atoms with Crippen LogP contribution in [0.3, 0.4) is 0 Å². The smallest absolute Gasteiger partial charge is 0.126 e. The number of halogens is 3. The van der Waals surface area contributed by atoms with Gasteiger partial charge in [0.05, 0.1) is 16.8 Å². The summed E-state index contributed by atoms with van der Waals surface area (Å²) in [6, 6.07) is 7.17. The lowest BCUT2D eigenvalue weighted by Gasteiger charge is -2.18. The van der Waals surface area contributed by atoms with Crippen molar-refractivity contribution in [3.05, 3.63) is 57.3 Å². The van der Waals surface area contributed by atoms with E-state index in [0.29, 0.717) is 21.3 Å². The van der Waals surface area contributed by atoms with Gasteiger partial charge in [-0.15, -0.1) is 0 Å². The zero-order valence-corrected chi connectivity index (χ0v) is 12.6. The molecule has 0 aromatic heterocycles. The Morgan fingerprint density at radius 1 is 1.15 bits per heavy atom. The van der Waals surface area contributed by atoms with Crippen molar-refractivity contribution < 1.29 is 9.50 Å². The predicted octanol–water partition coefficient (Wildman–Crippen LogP) is 5.32. The van der Waals surface area contributed by atoms with Crippen LogP contribution in [-0.4, -0.2) is 5.11 Å². The van der Waals surface area contributed by atoms with Gasteiger partial charge in [-0.25, -0.2) is 4.39 Å². The first-order valence-electron chi connectivity index (χ1n) is 6.09. The molecule has 0 fully saturated rings. The second kappa shape index (κ2) is 5.90. The Kier molecular flexibility index (Phi) is 4.41. The van der Waals surface area contributed by atoms with Crippen LogP contribution in [0.4, 0.5) is 10.1 Å². The van der Waals surface area contributed by atoms with Gasteiger partial charge in [-0.1, -0.05) is 29.3 Å². The minimum Gasteiger partial charge on any atom is -0.507 e. The van der Waals surface area contributed by atoms with E-state index in [4.69, 9.17) is 23.2 Å². The Balaban J connectivity index is 2.27. The number of hydrogen-bond acceptors (Lipinski definition) is 2. The normalized spacial score (nSPS) is 12.2. The number of nitrogens with one attached hydrogen (secondary N) is 1. The Labute approximate surface area is 127 Å². The molecule has 106 valence electrons. The van der Waals surface area contributed by atoms with Gasteiger partial charge in [0.1, 0.15) is 11.6 Å². The number of aryl methyl sites for hydroxylation is 1. The van der Waals surface area contributed by atoms with Crippen LogP contribution in [0.5, 0.6) is 5.75 Å². The molecule has 0 aliphatic carbocycles. The molecule has 0 heterocycles. The molecule has 20 heavy (non-hydrogen) atoms. The van der Waals surface area contributed by atoms with Gasteiger partial charge in [0, 0.05) is 16.7 Å². The summed E-state index contributed by atoms with van der Waals surface area (Å²) in [7, 11) is 0. The molecular formula is C15H14Cl2FNO. The zero-order chi connectivity index (χ0) is 14.9. The van der Waals surface area contributed by atoms with Crippen molar-refractivity contribution in [2.24, 2.45) is 0 Å². The van der Waals surface area contributed by atoms with Crippen LogP contribution in [-0.2, 0) is 0 Å². The summed E-state index contributed by atoms with van der Waals surface area (Å²) in [6.45, 7) is 3.71. The molecule has 0 spiro atoms. The van der Waals surface area contributed by atoms with Crippen LogP contribution in [0.25, 0.3) is 0 Å². The fourth-order valence-electron chi connectivity index (χ4n) is 1.95. The maximum Gasteiger partial charge on any atom is 0.126 e. The highest BCUT2D eigenvalue weighted by Gasteiger charge is 2.13. The lowest BCUT2D eigenvalue weighted by Crippen LogP contribution is -2.07. The highest BCUT2D eigenvalue weighted by molar-refractivity contribution is 6.35. The van der Waals surface area contributed by atoms with Gasteiger partial charge in [-0.2, -0.15) is 0 Å². The third-order valence-corrected chi connectivity index (χ3v) is 3.80. The van der Waals surface area contributed by atoms with Crippen LogP contribution in [0, 0.1) is 12.7 Å². The quantitative estimate of drug-likeness (QED) is 0.803. The average molecular weight is 314 g/mol. The SMILES string of the molecule is Cc1cc(Cl)c(NC(C)c2ccc(F)cc2O)cc1Cl. The fraction of sp³-hybridized carbons (Fsp3) is 0.200. The lowest BCUT2D eigenvalue weighted by atomic mass is 10.1. The van der Waals surface area contributed by atoms with Crippen LogP contribution in [0.1, 0.15) is 24.1 Å². The molecular weight excluding hydrogens is 300 g/mol.